The van der Waals surface area contributed by atoms with Crippen LogP contribution in [0.15, 0.2) is 18.2 Å². The molecular formula is C16H20O. The lowest BCUT2D eigenvalue weighted by molar-refractivity contribution is 0.0897. The molecule has 0 heterocycles. The van der Waals surface area contributed by atoms with Crippen molar-refractivity contribution in [2.45, 2.75) is 45.4 Å². The van der Waals surface area contributed by atoms with E-state index in [1.54, 1.807) is 0 Å². The lowest BCUT2D eigenvalue weighted by Crippen LogP contribution is -2.17. The molecule has 1 saturated carbocycles. The van der Waals surface area contributed by atoms with E-state index in [9.17, 15) is 4.79 Å². The van der Waals surface area contributed by atoms with Crippen LogP contribution in [0, 0.1) is 11.8 Å². The van der Waals surface area contributed by atoms with Gasteiger partial charge in [-0.2, -0.15) is 0 Å². The van der Waals surface area contributed by atoms with Crippen LogP contribution in [0.5, 0.6) is 0 Å². The first-order chi connectivity index (χ1) is 8.25. The van der Waals surface area contributed by atoms with Gasteiger partial charge in [-0.05, 0) is 55.2 Å². The van der Waals surface area contributed by atoms with Gasteiger partial charge >= 0.3 is 0 Å². The minimum absolute atomic E-state index is 0.287. The average molecular weight is 228 g/mol. The fourth-order valence-corrected chi connectivity index (χ4v) is 3.47. The van der Waals surface area contributed by atoms with Gasteiger partial charge < -0.3 is 0 Å². The maximum atomic E-state index is 12.5. The zero-order chi connectivity index (χ0) is 11.8. The van der Waals surface area contributed by atoms with E-state index in [1.165, 1.54) is 36.8 Å². The van der Waals surface area contributed by atoms with E-state index in [1.807, 2.05) is 0 Å². The summed E-state index contributed by atoms with van der Waals surface area (Å²) in [6.07, 6.45) is 7.16. The molecule has 0 N–H and O–H groups in total. The number of carbonyl (C=O) groups excluding carboxylic acids is 1. The standard InChI is InChI=1S/C16H20O/c1-11-4-2-7-15(11)16(17)14-9-8-12-5-3-6-13(12)10-14/h8-11,15H,2-7H2,1H3. The first kappa shape index (κ1) is 11.0. The van der Waals surface area contributed by atoms with E-state index in [-0.39, 0.29) is 5.92 Å². The molecular weight excluding hydrogens is 208 g/mol. The van der Waals surface area contributed by atoms with Crippen LogP contribution in [0.25, 0.3) is 0 Å². The Hall–Kier alpha value is -1.11. The van der Waals surface area contributed by atoms with Crippen molar-refractivity contribution < 1.29 is 4.79 Å². The maximum Gasteiger partial charge on any atom is 0.166 e. The van der Waals surface area contributed by atoms with Crippen molar-refractivity contribution >= 4 is 5.78 Å². The smallest absolute Gasteiger partial charge is 0.166 e. The van der Waals surface area contributed by atoms with Crippen LogP contribution in [0.1, 0.15) is 54.1 Å². The number of ketones is 1. The van der Waals surface area contributed by atoms with Gasteiger partial charge in [0.2, 0.25) is 0 Å². The summed E-state index contributed by atoms with van der Waals surface area (Å²) in [5.74, 6) is 1.26. The molecule has 1 aromatic rings. The van der Waals surface area contributed by atoms with Crippen LogP contribution in [0.4, 0.5) is 0 Å². The monoisotopic (exact) mass is 228 g/mol. The van der Waals surface area contributed by atoms with Gasteiger partial charge in [-0.15, -0.1) is 0 Å². The first-order valence-electron chi connectivity index (χ1n) is 6.92. The van der Waals surface area contributed by atoms with Gasteiger partial charge in [0, 0.05) is 11.5 Å². The van der Waals surface area contributed by atoms with E-state index >= 15 is 0 Å². The number of aryl methyl sites for hydroxylation is 2. The molecule has 0 bridgehead atoms. The van der Waals surface area contributed by atoms with Gasteiger partial charge in [0.1, 0.15) is 0 Å². The molecule has 0 spiro atoms. The predicted molar refractivity (Wildman–Crippen MR) is 69.3 cm³/mol. The van der Waals surface area contributed by atoms with Crippen LogP contribution in [-0.2, 0) is 12.8 Å². The number of benzene rings is 1. The SMILES string of the molecule is CC1CCCC1C(=O)c1ccc2c(c1)CCC2. The molecule has 0 amide bonds. The van der Waals surface area contributed by atoms with Crippen LogP contribution in [-0.4, -0.2) is 5.78 Å². The van der Waals surface area contributed by atoms with Crippen molar-refractivity contribution in [2.75, 3.05) is 0 Å². The van der Waals surface area contributed by atoms with Crippen molar-refractivity contribution in [1.82, 2.24) is 0 Å². The Bertz CT molecular complexity index is 447. The summed E-state index contributed by atoms with van der Waals surface area (Å²) in [6.45, 7) is 2.23. The van der Waals surface area contributed by atoms with Crippen molar-refractivity contribution in [3.8, 4) is 0 Å². The number of Topliss-reactive ketones (excluding diaryl/α,β-unsaturated/α-hetero) is 1. The summed E-state index contributed by atoms with van der Waals surface area (Å²) in [4.78, 5) is 12.5. The van der Waals surface area contributed by atoms with Crippen molar-refractivity contribution in [3.63, 3.8) is 0 Å². The second-order valence-electron chi connectivity index (χ2n) is 5.72. The van der Waals surface area contributed by atoms with Gasteiger partial charge in [-0.1, -0.05) is 25.5 Å². The van der Waals surface area contributed by atoms with Crippen LogP contribution in [0.2, 0.25) is 0 Å². The second kappa shape index (κ2) is 4.29. The number of fused-ring (bicyclic) bond motifs is 1. The highest BCUT2D eigenvalue weighted by Gasteiger charge is 2.30. The summed E-state index contributed by atoms with van der Waals surface area (Å²) in [5.41, 5.74) is 3.84. The zero-order valence-electron chi connectivity index (χ0n) is 10.5. The lowest BCUT2D eigenvalue weighted by Gasteiger charge is -2.14. The fraction of sp³-hybridized carbons (Fsp3) is 0.562. The highest BCUT2D eigenvalue weighted by atomic mass is 16.1. The topological polar surface area (TPSA) is 17.1 Å². The molecule has 90 valence electrons. The maximum absolute atomic E-state index is 12.5. The second-order valence-corrected chi connectivity index (χ2v) is 5.72. The Morgan fingerprint density at radius 2 is 1.94 bits per heavy atom. The number of hydrogen-bond acceptors (Lipinski definition) is 1. The molecule has 17 heavy (non-hydrogen) atoms. The van der Waals surface area contributed by atoms with Gasteiger partial charge in [0.05, 0.1) is 0 Å². The third kappa shape index (κ3) is 1.92. The average Bonchev–Trinajstić information content (AvgIpc) is 2.95. The largest absolute Gasteiger partial charge is 0.294 e. The van der Waals surface area contributed by atoms with Gasteiger partial charge in [-0.3, -0.25) is 4.79 Å². The third-order valence-electron chi connectivity index (χ3n) is 4.58. The summed E-state index contributed by atoms with van der Waals surface area (Å²) in [6, 6.07) is 6.39. The summed E-state index contributed by atoms with van der Waals surface area (Å²) < 4.78 is 0. The third-order valence-corrected chi connectivity index (χ3v) is 4.58. The van der Waals surface area contributed by atoms with E-state index in [0.717, 1.165) is 18.4 Å². The van der Waals surface area contributed by atoms with Crippen LogP contribution >= 0.6 is 0 Å². The van der Waals surface area contributed by atoms with Crippen molar-refractivity contribution in [1.29, 1.82) is 0 Å². The Morgan fingerprint density at radius 3 is 2.71 bits per heavy atom. The number of hydrogen-bond donors (Lipinski definition) is 0. The molecule has 1 heteroatoms. The Kier molecular flexibility index (Phi) is 2.78. The van der Waals surface area contributed by atoms with E-state index in [4.69, 9.17) is 0 Å². The molecule has 1 aromatic carbocycles. The predicted octanol–water partition coefficient (Wildman–Crippen LogP) is 3.79. The molecule has 0 aliphatic heterocycles. The molecule has 1 nitrogen and oxygen atoms in total. The van der Waals surface area contributed by atoms with E-state index in [0.29, 0.717) is 11.7 Å². The van der Waals surface area contributed by atoms with Gasteiger partial charge in [-0.25, -0.2) is 0 Å². The normalized spacial score (nSPS) is 27.1. The molecule has 2 aliphatic rings. The molecule has 2 unspecified atom stereocenters. The van der Waals surface area contributed by atoms with E-state index in [2.05, 4.69) is 25.1 Å². The van der Waals surface area contributed by atoms with Gasteiger partial charge in [0.25, 0.3) is 0 Å². The van der Waals surface area contributed by atoms with Crippen molar-refractivity contribution in [3.05, 3.63) is 34.9 Å². The minimum Gasteiger partial charge on any atom is -0.294 e. The van der Waals surface area contributed by atoms with E-state index < -0.39 is 0 Å². The molecule has 0 aromatic heterocycles. The summed E-state index contributed by atoms with van der Waals surface area (Å²) >= 11 is 0. The Morgan fingerprint density at radius 1 is 1.12 bits per heavy atom. The highest BCUT2D eigenvalue weighted by molar-refractivity contribution is 5.98. The number of rotatable bonds is 2. The molecule has 2 aliphatic carbocycles. The quantitative estimate of drug-likeness (QED) is 0.704. The Balaban J connectivity index is 1.86. The van der Waals surface area contributed by atoms with Crippen LogP contribution < -0.4 is 0 Å². The number of carbonyl (C=O) groups is 1. The molecule has 2 atom stereocenters. The molecule has 1 fully saturated rings. The summed E-state index contributed by atoms with van der Waals surface area (Å²) in [7, 11) is 0. The van der Waals surface area contributed by atoms with Crippen molar-refractivity contribution in [2.24, 2.45) is 11.8 Å². The summed E-state index contributed by atoms with van der Waals surface area (Å²) in [5, 5.41) is 0. The zero-order valence-corrected chi connectivity index (χ0v) is 10.5. The fourth-order valence-electron chi connectivity index (χ4n) is 3.47. The lowest BCUT2D eigenvalue weighted by atomic mass is 9.88. The van der Waals surface area contributed by atoms with Crippen LogP contribution in [0.3, 0.4) is 0 Å². The van der Waals surface area contributed by atoms with Gasteiger partial charge in [0.15, 0.2) is 5.78 Å². The first-order valence-corrected chi connectivity index (χ1v) is 6.92. The Labute approximate surface area is 103 Å². The highest BCUT2D eigenvalue weighted by Crippen LogP contribution is 2.34. The molecule has 3 rings (SSSR count). The minimum atomic E-state index is 0.287. The molecule has 0 saturated heterocycles. The molecule has 0 radical (unpaired) electrons.